The summed E-state index contributed by atoms with van der Waals surface area (Å²) < 4.78 is 0. The zero-order valence-corrected chi connectivity index (χ0v) is 9.22. The fourth-order valence-corrected chi connectivity index (χ4v) is 2.06. The molecule has 0 bridgehead atoms. The Hall–Kier alpha value is -1.82. The van der Waals surface area contributed by atoms with Gasteiger partial charge in [0, 0.05) is 25.4 Å². The summed E-state index contributed by atoms with van der Waals surface area (Å²) in [6.45, 7) is 0.593. The van der Waals surface area contributed by atoms with E-state index in [1.54, 1.807) is 6.07 Å². The summed E-state index contributed by atoms with van der Waals surface area (Å²) >= 11 is 0. The van der Waals surface area contributed by atoms with Crippen LogP contribution in [0.2, 0.25) is 0 Å². The summed E-state index contributed by atoms with van der Waals surface area (Å²) in [5.74, 6) is 0. The number of aromatic amines is 1. The maximum Gasteiger partial charge on any atom is 0.407 e. The largest absolute Gasteiger partial charge is 0.465 e. The number of piperidine rings is 1. The van der Waals surface area contributed by atoms with Crippen LogP contribution in [0.5, 0.6) is 0 Å². The fourth-order valence-electron chi connectivity index (χ4n) is 2.06. The van der Waals surface area contributed by atoms with Crippen molar-refractivity contribution < 1.29 is 15.0 Å². The van der Waals surface area contributed by atoms with Gasteiger partial charge in [-0.05, 0) is 24.5 Å². The van der Waals surface area contributed by atoms with E-state index in [0.717, 1.165) is 0 Å². The summed E-state index contributed by atoms with van der Waals surface area (Å²) in [5.41, 5.74) is -0.640. The molecule has 1 aliphatic heterocycles. The lowest BCUT2D eigenvalue weighted by Crippen LogP contribution is -2.44. The molecular weight excluding hydrogens is 224 g/mol. The number of hydrogen-bond donors (Lipinski definition) is 3. The van der Waals surface area contributed by atoms with E-state index in [4.69, 9.17) is 5.11 Å². The lowest BCUT2D eigenvalue weighted by Gasteiger charge is -2.37. The number of rotatable bonds is 1. The minimum Gasteiger partial charge on any atom is -0.465 e. The van der Waals surface area contributed by atoms with E-state index in [1.807, 2.05) is 0 Å². The number of aliphatic hydroxyl groups is 1. The van der Waals surface area contributed by atoms with Crippen LogP contribution < -0.4 is 5.56 Å². The highest BCUT2D eigenvalue weighted by Crippen LogP contribution is 2.31. The molecule has 92 valence electrons. The number of carboxylic acid groups (broad SMARTS) is 1. The third-order valence-electron chi connectivity index (χ3n) is 3.18. The third kappa shape index (κ3) is 2.31. The molecule has 0 saturated carbocycles. The SMILES string of the molecule is O=C(O)N1CCC(O)(c2ccc(=O)[nH]c2)CC1. The number of hydrogen-bond acceptors (Lipinski definition) is 3. The lowest BCUT2D eigenvalue weighted by molar-refractivity contribution is -0.0216. The molecule has 6 nitrogen and oxygen atoms in total. The Labute approximate surface area is 97.5 Å². The zero-order chi connectivity index (χ0) is 12.5. The summed E-state index contributed by atoms with van der Waals surface area (Å²) in [5, 5.41) is 19.2. The molecule has 0 aromatic carbocycles. The quantitative estimate of drug-likeness (QED) is 0.657. The number of amides is 1. The maximum absolute atomic E-state index is 10.9. The molecule has 17 heavy (non-hydrogen) atoms. The highest BCUT2D eigenvalue weighted by atomic mass is 16.4. The van der Waals surface area contributed by atoms with Crippen LogP contribution >= 0.6 is 0 Å². The molecule has 0 radical (unpaired) electrons. The van der Waals surface area contributed by atoms with Gasteiger partial charge in [0.15, 0.2) is 0 Å². The average Bonchev–Trinajstić information content (AvgIpc) is 2.30. The number of aromatic nitrogens is 1. The molecule has 0 atom stereocenters. The van der Waals surface area contributed by atoms with Crippen molar-refractivity contribution in [3.8, 4) is 0 Å². The van der Waals surface area contributed by atoms with Crippen LogP contribution in [-0.2, 0) is 5.60 Å². The highest BCUT2D eigenvalue weighted by Gasteiger charge is 2.35. The van der Waals surface area contributed by atoms with Crippen molar-refractivity contribution >= 4 is 6.09 Å². The number of likely N-dealkylation sites (tertiary alicyclic amines) is 1. The predicted octanol–water partition coefficient (Wildman–Crippen LogP) is 0.336. The molecule has 1 saturated heterocycles. The summed E-state index contributed by atoms with van der Waals surface area (Å²) in [7, 11) is 0. The van der Waals surface area contributed by atoms with E-state index in [2.05, 4.69) is 4.98 Å². The van der Waals surface area contributed by atoms with Crippen LogP contribution in [-0.4, -0.2) is 39.3 Å². The Bertz CT molecular complexity index is 454. The van der Waals surface area contributed by atoms with Crippen LogP contribution in [0, 0.1) is 0 Å². The summed E-state index contributed by atoms with van der Waals surface area (Å²) in [6.07, 6.45) is 1.20. The first-order valence-electron chi connectivity index (χ1n) is 5.41. The number of nitrogens with zero attached hydrogens (tertiary/aromatic N) is 1. The highest BCUT2D eigenvalue weighted by molar-refractivity contribution is 5.65. The number of nitrogens with one attached hydrogen (secondary N) is 1. The molecule has 1 aromatic heterocycles. The van der Waals surface area contributed by atoms with Crippen LogP contribution in [0.4, 0.5) is 4.79 Å². The Morgan fingerprint density at radius 1 is 1.35 bits per heavy atom. The molecule has 1 aromatic rings. The Morgan fingerprint density at radius 2 is 2.00 bits per heavy atom. The van der Waals surface area contributed by atoms with E-state index in [9.17, 15) is 14.7 Å². The maximum atomic E-state index is 10.9. The predicted molar refractivity (Wildman–Crippen MR) is 59.8 cm³/mol. The van der Waals surface area contributed by atoms with E-state index in [0.29, 0.717) is 31.5 Å². The molecule has 6 heteroatoms. The molecule has 3 N–H and O–H groups in total. The van der Waals surface area contributed by atoms with Crippen molar-refractivity contribution in [2.24, 2.45) is 0 Å². The molecule has 1 amide bonds. The van der Waals surface area contributed by atoms with Gasteiger partial charge in [-0.3, -0.25) is 4.79 Å². The van der Waals surface area contributed by atoms with Crippen LogP contribution in [0.1, 0.15) is 18.4 Å². The van der Waals surface area contributed by atoms with E-state index in [-0.39, 0.29) is 5.56 Å². The van der Waals surface area contributed by atoms with Gasteiger partial charge in [0.1, 0.15) is 0 Å². The van der Waals surface area contributed by atoms with Crippen molar-refractivity contribution in [2.75, 3.05) is 13.1 Å². The van der Waals surface area contributed by atoms with Crippen LogP contribution in [0.15, 0.2) is 23.1 Å². The van der Waals surface area contributed by atoms with Crippen molar-refractivity contribution in [3.05, 3.63) is 34.2 Å². The van der Waals surface area contributed by atoms with Crippen molar-refractivity contribution in [3.63, 3.8) is 0 Å². The molecule has 1 aliphatic rings. The van der Waals surface area contributed by atoms with Crippen molar-refractivity contribution in [1.82, 2.24) is 9.88 Å². The van der Waals surface area contributed by atoms with Gasteiger partial charge in [-0.25, -0.2) is 4.79 Å². The number of carbonyl (C=O) groups is 1. The van der Waals surface area contributed by atoms with Crippen molar-refractivity contribution in [1.29, 1.82) is 0 Å². The summed E-state index contributed by atoms with van der Waals surface area (Å²) in [6, 6.07) is 2.94. The van der Waals surface area contributed by atoms with Gasteiger partial charge in [-0.1, -0.05) is 0 Å². The molecule has 0 unspecified atom stereocenters. The molecule has 0 spiro atoms. The van der Waals surface area contributed by atoms with Crippen molar-refractivity contribution in [2.45, 2.75) is 18.4 Å². The number of H-pyrrole nitrogens is 1. The molecular formula is C11H14N2O4. The fraction of sp³-hybridized carbons (Fsp3) is 0.455. The van der Waals surface area contributed by atoms with Gasteiger partial charge < -0.3 is 20.1 Å². The van der Waals surface area contributed by atoms with Crippen LogP contribution in [0.3, 0.4) is 0 Å². The lowest BCUT2D eigenvalue weighted by atomic mass is 9.85. The minimum absolute atomic E-state index is 0.222. The van der Waals surface area contributed by atoms with Gasteiger partial charge in [-0.15, -0.1) is 0 Å². The van der Waals surface area contributed by atoms with Gasteiger partial charge in [-0.2, -0.15) is 0 Å². The van der Waals surface area contributed by atoms with E-state index >= 15 is 0 Å². The Kier molecular flexibility index (Phi) is 2.89. The molecule has 1 fully saturated rings. The topological polar surface area (TPSA) is 93.6 Å². The zero-order valence-electron chi connectivity index (χ0n) is 9.22. The normalized spacial score (nSPS) is 19.0. The summed E-state index contributed by atoms with van der Waals surface area (Å²) in [4.78, 5) is 25.5. The average molecular weight is 238 g/mol. The molecule has 2 rings (SSSR count). The third-order valence-corrected chi connectivity index (χ3v) is 3.18. The van der Waals surface area contributed by atoms with E-state index in [1.165, 1.54) is 17.2 Å². The van der Waals surface area contributed by atoms with Gasteiger partial charge in [0.05, 0.1) is 5.60 Å². The standard InChI is InChI=1S/C11H14N2O4/c14-9-2-1-8(7-12-9)11(17)3-5-13(6-4-11)10(15)16/h1-2,7,17H,3-6H2,(H,12,14)(H,15,16). The van der Waals surface area contributed by atoms with Gasteiger partial charge >= 0.3 is 6.09 Å². The minimum atomic E-state index is -1.05. The monoisotopic (exact) mass is 238 g/mol. The Balaban J connectivity index is 2.14. The number of pyridine rings is 1. The smallest absolute Gasteiger partial charge is 0.407 e. The second kappa shape index (κ2) is 4.21. The first-order chi connectivity index (χ1) is 8.01. The first-order valence-corrected chi connectivity index (χ1v) is 5.41. The second-order valence-electron chi connectivity index (χ2n) is 4.24. The first kappa shape index (κ1) is 11.7. The van der Waals surface area contributed by atoms with Gasteiger partial charge in [0.25, 0.3) is 0 Å². The van der Waals surface area contributed by atoms with Gasteiger partial charge in [0.2, 0.25) is 5.56 Å². The Morgan fingerprint density at radius 3 is 2.47 bits per heavy atom. The molecule has 0 aliphatic carbocycles. The van der Waals surface area contributed by atoms with E-state index < -0.39 is 11.7 Å². The molecule has 2 heterocycles. The van der Waals surface area contributed by atoms with Crippen LogP contribution in [0.25, 0.3) is 0 Å². The second-order valence-corrected chi connectivity index (χ2v) is 4.24.